The minimum atomic E-state index is -0.165. The molecule has 0 saturated carbocycles. The van der Waals surface area contributed by atoms with E-state index in [-0.39, 0.29) is 5.91 Å². The molecule has 2 aromatic heterocycles. The van der Waals surface area contributed by atoms with Crippen LogP contribution in [0.3, 0.4) is 0 Å². The first kappa shape index (κ1) is 17.0. The molecule has 0 spiro atoms. The van der Waals surface area contributed by atoms with Crippen molar-refractivity contribution in [1.29, 1.82) is 0 Å². The minimum absolute atomic E-state index is 0.165. The van der Waals surface area contributed by atoms with E-state index in [9.17, 15) is 4.79 Å². The first-order valence-corrected chi connectivity index (χ1v) is 8.98. The molecule has 2 aromatic carbocycles. The number of imidazole rings is 1. The van der Waals surface area contributed by atoms with Gasteiger partial charge < -0.3 is 9.88 Å². The van der Waals surface area contributed by atoms with Gasteiger partial charge in [-0.1, -0.05) is 48.5 Å². The second-order valence-electron chi connectivity index (χ2n) is 6.31. The van der Waals surface area contributed by atoms with Gasteiger partial charge in [-0.05, 0) is 29.8 Å². The van der Waals surface area contributed by atoms with Gasteiger partial charge in [-0.25, -0.2) is 4.98 Å². The maximum atomic E-state index is 12.2. The number of carbonyl (C=O) groups is 1. The van der Waals surface area contributed by atoms with E-state index >= 15 is 0 Å². The fourth-order valence-corrected chi connectivity index (χ4v) is 3.13. The number of benzene rings is 2. The van der Waals surface area contributed by atoms with E-state index in [1.54, 1.807) is 24.4 Å². The average molecular weight is 356 g/mol. The number of hydrogen-bond acceptors (Lipinski definition) is 3. The van der Waals surface area contributed by atoms with Gasteiger partial charge in [-0.2, -0.15) is 0 Å². The van der Waals surface area contributed by atoms with Crippen LogP contribution in [0.4, 0.5) is 0 Å². The summed E-state index contributed by atoms with van der Waals surface area (Å²) in [5.41, 5.74) is 3.72. The van der Waals surface area contributed by atoms with Gasteiger partial charge in [0.1, 0.15) is 11.5 Å². The zero-order chi connectivity index (χ0) is 18.5. The molecule has 0 aliphatic rings. The van der Waals surface area contributed by atoms with E-state index in [4.69, 9.17) is 4.98 Å². The fraction of sp³-hybridized carbons (Fsp3) is 0.136. The molecule has 5 heteroatoms. The third kappa shape index (κ3) is 3.87. The monoisotopic (exact) mass is 356 g/mol. The quantitative estimate of drug-likeness (QED) is 0.576. The molecule has 0 radical (unpaired) electrons. The Labute approximate surface area is 157 Å². The first-order chi connectivity index (χ1) is 13.3. The minimum Gasteiger partial charge on any atom is -0.350 e. The molecule has 1 N–H and O–H groups in total. The summed E-state index contributed by atoms with van der Waals surface area (Å²) >= 11 is 0. The van der Waals surface area contributed by atoms with Crippen LogP contribution >= 0.6 is 0 Å². The molecule has 0 unspecified atom stereocenters. The second kappa shape index (κ2) is 7.83. The van der Waals surface area contributed by atoms with Crippen molar-refractivity contribution in [2.45, 2.75) is 13.0 Å². The van der Waals surface area contributed by atoms with Crippen LogP contribution in [0.15, 0.2) is 79.0 Å². The Morgan fingerprint density at radius 3 is 2.52 bits per heavy atom. The number of aromatic nitrogens is 3. The Hall–Kier alpha value is -3.47. The summed E-state index contributed by atoms with van der Waals surface area (Å²) in [6.07, 6.45) is 2.27. The van der Waals surface area contributed by atoms with Crippen LogP contribution in [0.5, 0.6) is 0 Å². The van der Waals surface area contributed by atoms with Crippen LogP contribution < -0.4 is 5.32 Å². The zero-order valence-corrected chi connectivity index (χ0v) is 14.9. The van der Waals surface area contributed by atoms with Gasteiger partial charge in [0, 0.05) is 25.7 Å². The molecule has 0 saturated heterocycles. The maximum absolute atomic E-state index is 12.2. The van der Waals surface area contributed by atoms with Crippen LogP contribution in [0.25, 0.3) is 11.0 Å². The zero-order valence-electron chi connectivity index (χ0n) is 14.9. The van der Waals surface area contributed by atoms with Crippen molar-refractivity contribution < 1.29 is 4.79 Å². The Kier molecular flexibility index (Phi) is 4.92. The van der Waals surface area contributed by atoms with E-state index in [1.165, 1.54) is 5.56 Å². The van der Waals surface area contributed by atoms with Crippen LogP contribution in [-0.2, 0) is 13.0 Å². The topological polar surface area (TPSA) is 59.8 Å². The molecule has 4 aromatic rings. The lowest BCUT2D eigenvalue weighted by molar-refractivity contribution is 0.0949. The molecule has 0 aliphatic heterocycles. The van der Waals surface area contributed by atoms with Crippen molar-refractivity contribution in [3.8, 4) is 0 Å². The van der Waals surface area contributed by atoms with Crippen LogP contribution in [0.2, 0.25) is 0 Å². The first-order valence-electron chi connectivity index (χ1n) is 8.98. The van der Waals surface area contributed by atoms with Gasteiger partial charge in [-0.3, -0.25) is 9.78 Å². The van der Waals surface area contributed by atoms with Gasteiger partial charge in [0.05, 0.1) is 11.0 Å². The predicted octanol–water partition coefficient (Wildman–Crippen LogP) is 3.45. The largest absolute Gasteiger partial charge is 0.350 e. The lowest BCUT2D eigenvalue weighted by Crippen LogP contribution is -2.27. The van der Waals surface area contributed by atoms with E-state index in [0.29, 0.717) is 18.7 Å². The Balaban J connectivity index is 1.52. The number of rotatable bonds is 6. The molecule has 5 nitrogen and oxygen atoms in total. The Bertz CT molecular complexity index is 1040. The number of nitrogens with one attached hydrogen (secondary N) is 1. The van der Waals surface area contributed by atoms with Gasteiger partial charge >= 0.3 is 0 Å². The van der Waals surface area contributed by atoms with Crippen molar-refractivity contribution in [3.05, 3.63) is 96.1 Å². The number of fused-ring (bicyclic) bond motifs is 1. The van der Waals surface area contributed by atoms with Gasteiger partial charge in [0.2, 0.25) is 0 Å². The molecule has 134 valence electrons. The average Bonchev–Trinajstić information content (AvgIpc) is 3.07. The molecular weight excluding hydrogens is 336 g/mol. The normalized spacial score (nSPS) is 10.8. The van der Waals surface area contributed by atoms with Crippen molar-refractivity contribution >= 4 is 16.9 Å². The molecule has 0 atom stereocenters. The number of para-hydroxylation sites is 2. The van der Waals surface area contributed by atoms with E-state index < -0.39 is 0 Å². The summed E-state index contributed by atoms with van der Waals surface area (Å²) in [5.74, 6) is 0.794. The van der Waals surface area contributed by atoms with Crippen LogP contribution in [-0.4, -0.2) is 27.0 Å². The maximum Gasteiger partial charge on any atom is 0.269 e. The predicted molar refractivity (Wildman–Crippen MR) is 106 cm³/mol. The van der Waals surface area contributed by atoms with Crippen LogP contribution in [0, 0.1) is 0 Å². The number of pyridine rings is 1. The lowest BCUT2D eigenvalue weighted by Gasteiger charge is -2.10. The number of amides is 1. The highest BCUT2D eigenvalue weighted by molar-refractivity contribution is 5.92. The Morgan fingerprint density at radius 1 is 0.926 bits per heavy atom. The molecule has 4 rings (SSSR count). The lowest BCUT2D eigenvalue weighted by atomic mass is 10.2. The molecule has 27 heavy (non-hydrogen) atoms. The SMILES string of the molecule is O=C(NCCc1nc2ccccc2n1Cc1ccccc1)c1ccccn1. The molecule has 1 amide bonds. The highest BCUT2D eigenvalue weighted by Crippen LogP contribution is 2.18. The second-order valence-corrected chi connectivity index (χ2v) is 6.31. The summed E-state index contributed by atoms with van der Waals surface area (Å²) in [5, 5.41) is 2.93. The number of carbonyl (C=O) groups excluding carboxylic acids is 1. The van der Waals surface area contributed by atoms with Crippen molar-refractivity contribution in [1.82, 2.24) is 19.9 Å². The third-order valence-corrected chi connectivity index (χ3v) is 4.45. The van der Waals surface area contributed by atoms with Crippen molar-refractivity contribution in [2.24, 2.45) is 0 Å². The van der Waals surface area contributed by atoms with Gasteiger partial charge in [0.25, 0.3) is 5.91 Å². The highest BCUT2D eigenvalue weighted by atomic mass is 16.1. The van der Waals surface area contributed by atoms with Crippen molar-refractivity contribution in [3.63, 3.8) is 0 Å². The summed E-state index contributed by atoms with van der Waals surface area (Å²) in [7, 11) is 0. The van der Waals surface area contributed by atoms with E-state index in [0.717, 1.165) is 23.4 Å². The summed E-state index contributed by atoms with van der Waals surface area (Å²) < 4.78 is 2.22. The number of nitrogens with zero attached hydrogens (tertiary/aromatic N) is 3. The summed E-state index contributed by atoms with van der Waals surface area (Å²) in [6.45, 7) is 1.26. The van der Waals surface area contributed by atoms with E-state index in [2.05, 4.69) is 33.1 Å². The fourth-order valence-electron chi connectivity index (χ4n) is 3.13. The molecule has 2 heterocycles. The molecule has 0 bridgehead atoms. The standard InChI is InChI=1S/C22H20N4O/c27-22(19-11-6-7-14-23-19)24-15-13-21-25-18-10-4-5-12-20(18)26(21)16-17-8-2-1-3-9-17/h1-12,14H,13,15-16H2,(H,24,27). The van der Waals surface area contributed by atoms with Crippen molar-refractivity contribution in [2.75, 3.05) is 6.54 Å². The van der Waals surface area contributed by atoms with Crippen LogP contribution in [0.1, 0.15) is 21.9 Å². The summed E-state index contributed by atoms with van der Waals surface area (Å²) in [6, 6.07) is 23.8. The van der Waals surface area contributed by atoms with E-state index in [1.807, 2.05) is 36.4 Å². The number of hydrogen-bond donors (Lipinski definition) is 1. The Morgan fingerprint density at radius 2 is 1.70 bits per heavy atom. The smallest absolute Gasteiger partial charge is 0.269 e. The molecule has 0 fully saturated rings. The molecular formula is C22H20N4O. The third-order valence-electron chi connectivity index (χ3n) is 4.45. The summed E-state index contributed by atoms with van der Waals surface area (Å²) in [4.78, 5) is 21.0. The van der Waals surface area contributed by atoms with Gasteiger partial charge in [0.15, 0.2) is 0 Å². The van der Waals surface area contributed by atoms with Gasteiger partial charge in [-0.15, -0.1) is 0 Å². The highest BCUT2D eigenvalue weighted by Gasteiger charge is 2.12. The molecule has 0 aliphatic carbocycles.